The summed E-state index contributed by atoms with van der Waals surface area (Å²) in [4.78, 5) is 22.0. The second-order valence-electron chi connectivity index (χ2n) is 8.09. The van der Waals surface area contributed by atoms with Crippen molar-refractivity contribution in [2.75, 3.05) is 27.4 Å². The van der Waals surface area contributed by atoms with E-state index in [1.54, 1.807) is 38.7 Å². The molecular weight excluding hydrogens is 451 g/mol. The normalized spacial score (nSPS) is 12.6. The van der Waals surface area contributed by atoms with Gasteiger partial charge in [-0.2, -0.15) is 0 Å². The number of nitrogens with one attached hydrogen (secondary N) is 2. The second kappa shape index (κ2) is 9.63. The van der Waals surface area contributed by atoms with Gasteiger partial charge < -0.3 is 14.8 Å². The Hall–Kier alpha value is -4.11. The third-order valence-electron chi connectivity index (χ3n) is 5.83. The highest BCUT2D eigenvalue weighted by atomic mass is 19.1. The molecule has 2 aromatic carbocycles. The average Bonchev–Trinajstić information content (AvgIpc) is 3.63. The van der Waals surface area contributed by atoms with Gasteiger partial charge in [0.1, 0.15) is 23.9 Å². The molecule has 9 heteroatoms. The van der Waals surface area contributed by atoms with Crippen molar-refractivity contribution >= 4 is 33.5 Å². The number of fused-ring (bicyclic) bond motifs is 2. The summed E-state index contributed by atoms with van der Waals surface area (Å²) < 4.78 is 25.8. The maximum absolute atomic E-state index is 12.4. The van der Waals surface area contributed by atoms with Crippen molar-refractivity contribution < 1.29 is 23.5 Å². The van der Waals surface area contributed by atoms with Crippen LogP contribution in [0.3, 0.4) is 0 Å². The van der Waals surface area contributed by atoms with Gasteiger partial charge in [0.15, 0.2) is 0 Å². The third-order valence-corrected chi connectivity index (χ3v) is 5.83. The number of pyridine rings is 1. The molecule has 2 heterocycles. The quantitative estimate of drug-likeness (QED) is 0.341. The van der Waals surface area contributed by atoms with Crippen molar-refractivity contribution in [2.24, 2.45) is 0 Å². The summed E-state index contributed by atoms with van der Waals surface area (Å²) in [5.41, 5.74) is 7.47. The summed E-state index contributed by atoms with van der Waals surface area (Å²) >= 11 is 0. The zero-order chi connectivity index (χ0) is 24.4. The van der Waals surface area contributed by atoms with Gasteiger partial charge in [0.2, 0.25) is 0 Å². The van der Waals surface area contributed by atoms with Crippen LogP contribution < -0.4 is 20.3 Å². The molecule has 180 valence electrons. The number of hydrogen-bond donors (Lipinski definition) is 2. The van der Waals surface area contributed by atoms with Gasteiger partial charge in [0, 0.05) is 41.3 Å². The molecule has 35 heavy (non-hydrogen) atoms. The fourth-order valence-electron chi connectivity index (χ4n) is 4.06. The minimum Gasteiger partial charge on any atom is -0.496 e. The molecule has 1 saturated carbocycles. The van der Waals surface area contributed by atoms with Gasteiger partial charge in [-0.25, -0.2) is 9.18 Å². The fraction of sp³-hybridized carbons (Fsp3) is 0.231. The molecule has 0 spiro atoms. The van der Waals surface area contributed by atoms with Gasteiger partial charge in [0.05, 0.1) is 31.0 Å². The van der Waals surface area contributed by atoms with Crippen LogP contribution in [0.25, 0.3) is 27.5 Å². The van der Waals surface area contributed by atoms with E-state index in [2.05, 4.69) is 15.8 Å². The molecular formula is C26H25FN4O4. The number of ether oxygens (including phenoxy) is 2. The monoisotopic (exact) mass is 476 g/mol. The largest absolute Gasteiger partial charge is 0.496 e. The molecule has 0 bridgehead atoms. The molecule has 2 N–H and O–H groups in total. The number of hydroxylamine groups is 1. The van der Waals surface area contributed by atoms with Crippen molar-refractivity contribution in [3.8, 4) is 17.2 Å². The number of rotatable bonds is 8. The lowest BCUT2D eigenvalue weighted by Gasteiger charge is -2.16. The number of aromatic nitrogens is 2. The average molecular weight is 477 g/mol. The minimum absolute atomic E-state index is 0.0279. The first kappa shape index (κ1) is 22.7. The third kappa shape index (κ3) is 4.50. The van der Waals surface area contributed by atoms with Crippen LogP contribution in [0.2, 0.25) is 0 Å². The highest BCUT2D eigenvalue weighted by Crippen LogP contribution is 2.41. The van der Waals surface area contributed by atoms with Crippen LogP contribution >= 0.6 is 0 Å². The lowest BCUT2D eigenvalue weighted by Crippen LogP contribution is -2.29. The number of nitrogens with zero attached hydrogens (tertiary/aromatic N) is 2. The smallest absolute Gasteiger partial charge is 0.326 e. The molecule has 0 unspecified atom stereocenters. The lowest BCUT2D eigenvalue weighted by molar-refractivity contribution is 0.136. The number of methoxy groups -OCH3 is 1. The Kier molecular flexibility index (Phi) is 6.24. The molecule has 1 aliphatic carbocycles. The predicted octanol–water partition coefficient (Wildman–Crippen LogP) is 5.17. The molecule has 0 saturated heterocycles. The Bertz CT molecular complexity index is 1440. The number of benzene rings is 2. The molecule has 1 fully saturated rings. The molecule has 0 aliphatic heterocycles. The molecule has 4 aromatic rings. The molecule has 0 radical (unpaired) electrons. The summed E-state index contributed by atoms with van der Waals surface area (Å²) in [5, 5.41) is 4.17. The zero-order valence-electron chi connectivity index (χ0n) is 19.4. The van der Waals surface area contributed by atoms with Crippen LogP contribution in [-0.4, -0.2) is 43.0 Å². The van der Waals surface area contributed by atoms with E-state index in [1.165, 1.54) is 10.1 Å². The molecule has 2 aromatic heterocycles. The highest BCUT2D eigenvalue weighted by molar-refractivity contribution is 5.93. The summed E-state index contributed by atoms with van der Waals surface area (Å²) in [6, 6.07) is 12.6. The summed E-state index contributed by atoms with van der Waals surface area (Å²) in [6.45, 7) is -0.642. The van der Waals surface area contributed by atoms with Crippen molar-refractivity contribution in [3.63, 3.8) is 0 Å². The first-order chi connectivity index (χ1) is 17.1. The van der Waals surface area contributed by atoms with E-state index in [9.17, 15) is 9.18 Å². The number of carbonyl (C=O) groups excluding carboxylic acids is 1. The zero-order valence-corrected chi connectivity index (χ0v) is 19.4. The highest BCUT2D eigenvalue weighted by Gasteiger charge is 2.23. The number of halogens is 1. The Morgan fingerprint density at radius 2 is 1.97 bits per heavy atom. The van der Waals surface area contributed by atoms with Crippen LogP contribution in [0, 0.1) is 0 Å². The first-order valence-electron chi connectivity index (χ1n) is 11.2. The van der Waals surface area contributed by atoms with E-state index in [1.807, 2.05) is 30.3 Å². The maximum atomic E-state index is 12.4. The van der Waals surface area contributed by atoms with Gasteiger partial charge >= 0.3 is 6.03 Å². The molecule has 8 nitrogen and oxygen atoms in total. The van der Waals surface area contributed by atoms with Crippen LogP contribution in [0.5, 0.6) is 17.2 Å². The topological polar surface area (TPSA) is 86.6 Å². The van der Waals surface area contributed by atoms with E-state index in [0.29, 0.717) is 22.8 Å². The van der Waals surface area contributed by atoms with Crippen LogP contribution in [0.4, 0.5) is 9.18 Å². The summed E-state index contributed by atoms with van der Waals surface area (Å²) in [5.74, 6) is 1.94. The molecule has 5 rings (SSSR count). The van der Waals surface area contributed by atoms with Crippen molar-refractivity contribution in [3.05, 3.63) is 66.0 Å². The van der Waals surface area contributed by atoms with Crippen LogP contribution in [0.1, 0.15) is 18.4 Å². The Morgan fingerprint density at radius 1 is 1.11 bits per heavy atom. The number of amides is 1. The minimum atomic E-state index is -0.615. The number of carbonyl (C=O) groups is 1. The molecule has 0 atom stereocenters. The molecule has 1 aliphatic rings. The standard InChI is InChI=1S/C26H25FN4O4/c1-33-24-15-21-19(14-20(24)25(30-34-2)16-3-4-16)23(7-10-28-21)35-18-5-6-22-17(13-18)8-12-31(22)26(32)29-11-9-27/h5-8,10,12-15,30H,3-4,9,11H2,1-2H3,(H,29,32). The first-order valence-corrected chi connectivity index (χ1v) is 11.2. The van der Waals surface area contributed by atoms with Gasteiger partial charge in [-0.15, -0.1) is 0 Å². The van der Waals surface area contributed by atoms with E-state index >= 15 is 0 Å². The number of allylic oxidation sites excluding steroid dienone is 1. The second-order valence-corrected chi connectivity index (χ2v) is 8.09. The lowest BCUT2D eigenvalue weighted by atomic mass is 10.1. The Labute approximate surface area is 201 Å². The van der Waals surface area contributed by atoms with E-state index in [4.69, 9.17) is 14.3 Å². The Balaban J connectivity index is 1.51. The van der Waals surface area contributed by atoms with Gasteiger partial charge in [-0.05, 0) is 54.8 Å². The fourth-order valence-corrected chi connectivity index (χ4v) is 4.06. The number of hydrogen-bond acceptors (Lipinski definition) is 6. The van der Waals surface area contributed by atoms with Crippen molar-refractivity contribution in [1.82, 2.24) is 20.3 Å². The predicted molar refractivity (Wildman–Crippen MR) is 131 cm³/mol. The summed E-state index contributed by atoms with van der Waals surface area (Å²) in [7, 11) is 3.22. The van der Waals surface area contributed by atoms with E-state index in [-0.39, 0.29) is 12.6 Å². The van der Waals surface area contributed by atoms with Crippen molar-refractivity contribution in [2.45, 2.75) is 12.8 Å². The van der Waals surface area contributed by atoms with E-state index < -0.39 is 6.67 Å². The maximum Gasteiger partial charge on any atom is 0.326 e. The van der Waals surface area contributed by atoms with Crippen LogP contribution in [0.15, 0.2) is 60.4 Å². The van der Waals surface area contributed by atoms with Crippen molar-refractivity contribution in [1.29, 1.82) is 0 Å². The SMILES string of the molecule is CONC(=C1CC1)c1cc2c(Oc3ccc4c(ccn4C(=O)NCCF)c3)ccnc2cc1OC. The van der Waals surface area contributed by atoms with Crippen LogP contribution in [-0.2, 0) is 4.84 Å². The number of alkyl halides is 1. The van der Waals surface area contributed by atoms with Gasteiger partial charge in [0.25, 0.3) is 0 Å². The summed E-state index contributed by atoms with van der Waals surface area (Å²) in [6.07, 6.45) is 5.36. The van der Waals surface area contributed by atoms with Gasteiger partial charge in [-0.3, -0.25) is 19.9 Å². The molecule has 1 amide bonds. The van der Waals surface area contributed by atoms with E-state index in [0.717, 1.165) is 40.4 Å². The van der Waals surface area contributed by atoms with Gasteiger partial charge in [-0.1, -0.05) is 0 Å². The Morgan fingerprint density at radius 3 is 2.71 bits per heavy atom.